The molecule has 0 atom stereocenters. The highest BCUT2D eigenvalue weighted by atomic mass is 35.5. The first-order valence-corrected chi connectivity index (χ1v) is 8.34. The molecule has 0 radical (unpaired) electrons. The Balaban J connectivity index is 0.00000113. The van der Waals surface area contributed by atoms with Crippen LogP contribution in [0.4, 0.5) is 11.8 Å². The van der Waals surface area contributed by atoms with Gasteiger partial charge >= 0.3 is 0 Å². The van der Waals surface area contributed by atoms with Crippen LogP contribution < -0.4 is 9.80 Å². The van der Waals surface area contributed by atoms with Crippen LogP contribution in [0.25, 0.3) is 10.9 Å². The molecule has 1 aromatic carbocycles. The van der Waals surface area contributed by atoms with Crippen LogP contribution in [-0.2, 0) is 4.74 Å². The minimum Gasteiger partial charge on any atom is -0.378 e. The van der Waals surface area contributed by atoms with Crippen LogP contribution in [-0.4, -0.2) is 74.4 Å². The van der Waals surface area contributed by atoms with Crippen molar-refractivity contribution in [1.29, 1.82) is 0 Å². The number of benzene rings is 1. The van der Waals surface area contributed by atoms with Gasteiger partial charge in [-0.3, -0.25) is 0 Å². The summed E-state index contributed by atoms with van der Waals surface area (Å²) in [6, 6.07) is 8.33. The number of rotatable bonds is 2. The smallest absolute Gasteiger partial charge is 0.228 e. The van der Waals surface area contributed by atoms with Gasteiger partial charge in [0.2, 0.25) is 5.95 Å². The van der Waals surface area contributed by atoms with E-state index in [4.69, 9.17) is 14.7 Å². The number of hydrogen-bond acceptors (Lipinski definition) is 6. The Morgan fingerprint density at radius 3 is 2.24 bits per heavy atom. The van der Waals surface area contributed by atoms with Gasteiger partial charge in [-0.05, 0) is 19.2 Å². The predicted octanol–water partition coefficient (Wildman–Crippen LogP) is 2.06. The summed E-state index contributed by atoms with van der Waals surface area (Å²) in [5.41, 5.74) is 1.03. The number of piperazine rings is 1. The molecule has 2 aliphatic rings. The van der Waals surface area contributed by atoms with E-state index >= 15 is 0 Å². The molecule has 6 nitrogen and oxygen atoms in total. The van der Waals surface area contributed by atoms with Crippen molar-refractivity contribution in [3.63, 3.8) is 0 Å². The van der Waals surface area contributed by atoms with Crippen molar-refractivity contribution in [2.75, 3.05) is 69.3 Å². The van der Waals surface area contributed by atoms with Gasteiger partial charge in [0.1, 0.15) is 5.82 Å². The molecular formula is C17H25Cl2N5O. The van der Waals surface area contributed by atoms with Gasteiger partial charge in [-0.15, -0.1) is 24.8 Å². The lowest BCUT2D eigenvalue weighted by Crippen LogP contribution is -2.45. The standard InChI is InChI=1S/C17H23N5O.2ClH/c1-20-6-8-21(9-7-20)16-14-4-2-3-5-15(14)18-17(19-16)22-10-12-23-13-11-22;;/h2-5H,6-13H2,1H3;2*1H. The van der Waals surface area contributed by atoms with Gasteiger partial charge in [-0.1, -0.05) is 12.1 Å². The fourth-order valence-corrected chi connectivity index (χ4v) is 3.21. The van der Waals surface area contributed by atoms with E-state index in [0.29, 0.717) is 0 Å². The Morgan fingerprint density at radius 1 is 0.840 bits per heavy atom. The first kappa shape index (κ1) is 20.0. The van der Waals surface area contributed by atoms with Crippen molar-refractivity contribution in [3.05, 3.63) is 24.3 Å². The number of hydrogen-bond donors (Lipinski definition) is 0. The van der Waals surface area contributed by atoms with Gasteiger partial charge in [0, 0.05) is 44.7 Å². The Bertz CT molecular complexity index is 688. The zero-order valence-corrected chi connectivity index (χ0v) is 16.1. The van der Waals surface area contributed by atoms with Crippen LogP contribution in [0.3, 0.4) is 0 Å². The molecule has 2 fully saturated rings. The fraction of sp³-hybridized carbons (Fsp3) is 0.529. The van der Waals surface area contributed by atoms with Crippen LogP contribution in [0, 0.1) is 0 Å². The maximum Gasteiger partial charge on any atom is 0.228 e. The number of aromatic nitrogens is 2. The highest BCUT2D eigenvalue weighted by molar-refractivity contribution is 5.90. The number of morpholine rings is 1. The third-order valence-corrected chi connectivity index (χ3v) is 4.67. The van der Waals surface area contributed by atoms with Crippen LogP contribution in [0.5, 0.6) is 0 Å². The predicted molar refractivity (Wildman–Crippen MR) is 107 cm³/mol. The van der Waals surface area contributed by atoms with E-state index in [1.165, 1.54) is 0 Å². The second-order valence-corrected chi connectivity index (χ2v) is 6.25. The average Bonchev–Trinajstić information content (AvgIpc) is 2.62. The molecule has 138 valence electrons. The van der Waals surface area contributed by atoms with Gasteiger partial charge in [0.15, 0.2) is 0 Å². The molecule has 0 bridgehead atoms. The summed E-state index contributed by atoms with van der Waals surface area (Å²) in [6.07, 6.45) is 0. The molecule has 2 saturated heterocycles. The summed E-state index contributed by atoms with van der Waals surface area (Å²) < 4.78 is 5.45. The van der Waals surface area contributed by atoms with Gasteiger partial charge in [-0.25, -0.2) is 4.98 Å². The number of likely N-dealkylation sites (N-methyl/N-ethyl adjacent to an activating group) is 1. The van der Waals surface area contributed by atoms with Crippen molar-refractivity contribution in [2.24, 2.45) is 0 Å². The highest BCUT2D eigenvalue weighted by Gasteiger charge is 2.21. The van der Waals surface area contributed by atoms with Crippen molar-refractivity contribution < 1.29 is 4.74 Å². The molecule has 2 aliphatic heterocycles. The van der Waals surface area contributed by atoms with E-state index in [1.54, 1.807) is 0 Å². The number of anilines is 2. The van der Waals surface area contributed by atoms with Crippen molar-refractivity contribution in [1.82, 2.24) is 14.9 Å². The van der Waals surface area contributed by atoms with Crippen LogP contribution in [0.2, 0.25) is 0 Å². The molecule has 2 aromatic rings. The quantitative estimate of drug-likeness (QED) is 0.788. The topological polar surface area (TPSA) is 44.7 Å². The SMILES string of the molecule is CN1CCN(c2nc(N3CCOCC3)nc3ccccc23)CC1.Cl.Cl. The number of fused-ring (bicyclic) bond motifs is 1. The number of halogens is 2. The van der Waals surface area contributed by atoms with E-state index in [1.807, 2.05) is 6.07 Å². The molecule has 1 aromatic heterocycles. The van der Waals surface area contributed by atoms with E-state index in [0.717, 1.165) is 75.2 Å². The summed E-state index contributed by atoms with van der Waals surface area (Å²) in [4.78, 5) is 16.7. The molecule has 0 amide bonds. The molecule has 0 spiro atoms. The second-order valence-electron chi connectivity index (χ2n) is 6.25. The Hall–Kier alpha value is -1.34. The Kier molecular flexibility index (Phi) is 7.07. The molecule has 8 heteroatoms. The molecule has 25 heavy (non-hydrogen) atoms. The number of nitrogens with zero attached hydrogens (tertiary/aromatic N) is 5. The molecule has 4 rings (SSSR count). The lowest BCUT2D eigenvalue weighted by molar-refractivity contribution is 0.122. The third-order valence-electron chi connectivity index (χ3n) is 4.67. The van der Waals surface area contributed by atoms with Gasteiger partial charge in [-0.2, -0.15) is 4.98 Å². The van der Waals surface area contributed by atoms with E-state index in [2.05, 4.69) is 39.9 Å². The van der Waals surface area contributed by atoms with Gasteiger partial charge < -0.3 is 19.4 Å². The van der Waals surface area contributed by atoms with Crippen molar-refractivity contribution in [3.8, 4) is 0 Å². The monoisotopic (exact) mass is 385 g/mol. The first-order valence-electron chi connectivity index (χ1n) is 8.34. The second kappa shape index (κ2) is 8.85. The van der Waals surface area contributed by atoms with E-state index in [-0.39, 0.29) is 24.8 Å². The molecule has 0 unspecified atom stereocenters. The summed E-state index contributed by atoms with van der Waals surface area (Å²) in [5, 5.41) is 1.15. The van der Waals surface area contributed by atoms with Crippen LogP contribution >= 0.6 is 24.8 Å². The minimum atomic E-state index is 0. The maximum atomic E-state index is 5.45. The summed E-state index contributed by atoms with van der Waals surface area (Å²) in [5.74, 6) is 1.91. The van der Waals surface area contributed by atoms with E-state index in [9.17, 15) is 0 Å². The Labute approximate surface area is 161 Å². The summed E-state index contributed by atoms with van der Waals surface area (Å²) in [7, 11) is 2.18. The molecule has 3 heterocycles. The first-order chi connectivity index (χ1) is 11.3. The lowest BCUT2D eigenvalue weighted by Gasteiger charge is -2.34. The van der Waals surface area contributed by atoms with Crippen molar-refractivity contribution in [2.45, 2.75) is 0 Å². The summed E-state index contributed by atoms with van der Waals surface area (Å²) in [6.45, 7) is 7.40. The zero-order chi connectivity index (χ0) is 15.6. The highest BCUT2D eigenvalue weighted by Crippen LogP contribution is 2.27. The van der Waals surface area contributed by atoms with Gasteiger partial charge in [0.25, 0.3) is 0 Å². The lowest BCUT2D eigenvalue weighted by atomic mass is 10.2. The molecule has 0 N–H and O–H groups in total. The largest absolute Gasteiger partial charge is 0.378 e. The average molecular weight is 386 g/mol. The van der Waals surface area contributed by atoms with E-state index < -0.39 is 0 Å². The molecular weight excluding hydrogens is 361 g/mol. The third kappa shape index (κ3) is 4.26. The van der Waals surface area contributed by atoms with Gasteiger partial charge in [0.05, 0.1) is 18.7 Å². The molecule has 0 saturated carbocycles. The number of para-hydroxylation sites is 1. The minimum absolute atomic E-state index is 0. The van der Waals surface area contributed by atoms with Crippen LogP contribution in [0.1, 0.15) is 0 Å². The Morgan fingerprint density at radius 2 is 1.52 bits per heavy atom. The van der Waals surface area contributed by atoms with Crippen molar-refractivity contribution >= 4 is 47.5 Å². The number of ether oxygens (including phenoxy) is 1. The maximum absolute atomic E-state index is 5.45. The zero-order valence-electron chi connectivity index (χ0n) is 14.4. The molecule has 0 aliphatic carbocycles. The van der Waals surface area contributed by atoms with Crippen LogP contribution in [0.15, 0.2) is 24.3 Å². The summed E-state index contributed by atoms with van der Waals surface area (Å²) >= 11 is 0. The normalized spacial score (nSPS) is 18.6. The fourth-order valence-electron chi connectivity index (χ4n) is 3.21.